The third-order valence-corrected chi connectivity index (χ3v) is 3.89. The van der Waals surface area contributed by atoms with E-state index in [1.165, 1.54) is 11.1 Å². The number of nitrogens with zero attached hydrogens (tertiary/aromatic N) is 2. The third-order valence-electron chi connectivity index (χ3n) is 3.46. The molecule has 2 nitrogen and oxygen atoms in total. The van der Waals surface area contributed by atoms with Gasteiger partial charge in [0, 0.05) is 10.7 Å². The summed E-state index contributed by atoms with van der Waals surface area (Å²) in [6.45, 7) is 6.12. The maximum absolute atomic E-state index is 6.33. The second-order valence-corrected chi connectivity index (χ2v) is 6.49. The fraction of sp³-hybridized carbons (Fsp3) is 0.235. The van der Waals surface area contributed by atoms with Gasteiger partial charge >= 0.3 is 0 Å². The van der Waals surface area contributed by atoms with Crippen molar-refractivity contribution in [3.63, 3.8) is 0 Å². The summed E-state index contributed by atoms with van der Waals surface area (Å²) in [5.74, 6) is 0.832. The Hall–Kier alpha value is -1.51. The van der Waals surface area contributed by atoms with Crippen molar-refractivity contribution >= 4 is 34.2 Å². The van der Waals surface area contributed by atoms with Gasteiger partial charge in [0.05, 0.1) is 16.4 Å². The van der Waals surface area contributed by atoms with Crippen LogP contribution < -0.4 is 0 Å². The zero-order valence-corrected chi connectivity index (χ0v) is 13.7. The van der Waals surface area contributed by atoms with E-state index in [1.54, 1.807) is 0 Å². The highest BCUT2D eigenvalue weighted by atomic mass is 35.5. The molecule has 1 atom stereocenters. The first-order valence-corrected chi connectivity index (χ1v) is 7.68. The van der Waals surface area contributed by atoms with Crippen molar-refractivity contribution in [1.29, 1.82) is 0 Å². The van der Waals surface area contributed by atoms with Gasteiger partial charge in [0.15, 0.2) is 0 Å². The molecule has 0 amide bonds. The van der Waals surface area contributed by atoms with Crippen LogP contribution in [0.15, 0.2) is 36.4 Å². The lowest BCUT2D eigenvalue weighted by Gasteiger charge is -2.12. The Morgan fingerprint density at radius 2 is 1.71 bits per heavy atom. The van der Waals surface area contributed by atoms with Gasteiger partial charge in [0.25, 0.3) is 0 Å². The van der Waals surface area contributed by atoms with E-state index in [9.17, 15) is 0 Å². The first kappa shape index (κ1) is 14.4. The molecule has 1 heterocycles. The second kappa shape index (κ2) is 5.36. The van der Waals surface area contributed by atoms with E-state index < -0.39 is 0 Å². The highest BCUT2D eigenvalue weighted by molar-refractivity contribution is 6.31. The Labute approximate surface area is 134 Å². The average molecular weight is 319 g/mol. The first-order chi connectivity index (χ1) is 9.95. The minimum atomic E-state index is -0.183. The third kappa shape index (κ3) is 2.66. The quantitative estimate of drug-likeness (QED) is 0.563. The van der Waals surface area contributed by atoms with Gasteiger partial charge in [-0.25, -0.2) is 4.98 Å². The molecule has 1 aromatic heterocycles. The summed E-state index contributed by atoms with van der Waals surface area (Å²) in [5.41, 5.74) is 5.40. The van der Waals surface area contributed by atoms with E-state index in [4.69, 9.17) is 23.2 Å². The van der Waals surface area contributed by atoms with Crippen LogP contribution in [0.1, 0.15) is 29.3 Å². The van der Waals surface area contributed by atoms with E-state index in [1.807, 2.05) is 25.1 Å². The standard InChI is InChI=1S/C17H16Cl2N2/c1-10-6-11(2)8-14(7-10)21-16-5-4-13(19)9-15(16)20-17(21)12(3)18/h4-9,12H,1-3H3. The molecule has 0 radical (unpaired) electrons. The summed E-state index contributed by atoms with van der Waals surface area (Å²) in [6.07, 6.45) is 0. The maximum atomic E-state index is 6.33. The van der Waals surface area contributed by atoms with Crippen LogP contribution in [0.25, 0.3) is 16.7 Å². The summed E-state index contributed by atoms with van der Waals surface area (Å²) in [6, 6.07) is 12.2. The highest BCUT2D eigenvalue weighted by Gasteiger charge is 2.16. The monoisotopic (exact) mass is 318 g/mol. The average Bonchev–Trinajstić information content (AvgIpc) is 2.76. The molecule has 0 bridgehead atoms. The number of aryl methyl sites for hydroxylation is 2. The molecule has 0 saturated heterocycles. The van der Waals surface area contributed by atoms with Crippen LogP contribution in [0.5, 0.6) is 0 Å². The molecule has 0 aliphatic heterocycles. The smallest absolute Gasteiger partial charge is 0.132 e. The van der Waals surface area contributed by atoms with E-state index in [2.05, 4.69) is 41.6 Å². The Morgan fingerprint density at radius 3 is 2.33 bits per heavy atom. The molecular formula is C17H16Cl2N2. The van der Waals surface area contributed by atoms with Crippen LogP contribution in [0.2, 0.25) is 5.02 Å². The number of hydrogen-bond donors (Lipinski definition) is 0. The number of aromatic nitrogens is 2. The minimum Gasteiger partial charge on any atom is -0.295 e. The molecule has 0 N–H and O–H groups in total. The molecule has 3 aromatic rings. The van der Waals surface area contributed by atoms with E-state index in [0.717, 1.165) is 22.5 Å². The van der Waals surface area contributed by atoms with Gasteiger partial charge in [-0.1, -0.05) is 17.7 Å². The van der Waals surface area contributed by atoms with Crippen LogP contribution in [-0.4, -0.2) is 9.55 Å². The number of benzene rings is 2. The second-order valence-electron chi connectivity index (χ2n) is 5.40. The molecule has 21 heavy (non-hydrogen) atoms. The van der Waals surface area contributed by atoms with E-state index in [-0.39, 0.29) is 5.38 Å². The first-order valence-electron chi connectivity index (χ1n) is 6.86. The van der Waals surface area contributed by atoms with Crippen LogP contribution in [0, 0.1) is 13.8 Å². The molecule has 0 saturated carbocycles. The summed E-state index contributed by atoms with van der Waals surface area (Å²) in [4.78, 5) is 4.66. The molecular weight excluding hydrogens is 303 g/mol. The summed E-state index contributed by atoms with van der Waals surface area (Å²) >= 11 is 12.4. The lowest BCUT2D eigenvalue weighted by atomic mass is 10.1. The zero-order valence-electron chi connectivity index (χ0n) is 12.2. The molecule has 0 fully saturated rings. The van der Waals surface area contributed by atoms with Gasteiger partial charge in [-0.3, -0.25) is 4.57 Å². The lowest BCUT2D eigenvalue weighted by molar-refractivity contribution is 0.881. The highest BCUT2D eigenvalue weighted by Crippen LogP contribution is 2.30. The van der Waals surface area contributed by atoms with Crippen LogP contribution in [0.3, 0.4) is 0 Å². The number of rotatable bonds is 2. The molecule has 4 heteroatoms. The SMILES string of the molecule is Cc1cc(C)cc(-n2c(C(C)Cl)nc3cc(Cl)ccc32)c1. The van der Waals surface area contributed by atoms with Gasteiger partial charge in [0.1, 0.15) is 5.82 Å². The van der Waals surface area contributed by atoms with Crippen molar-refractivity contribution in [3.05, 3.63) is 58.4 Å². The molecule has 0 spiro atoms. The molecule has 108 valence electrons. The minimum absolute atomic E-state index is 0.183. The van der Waals surface area contributed by atoms with Crippen molar-refractivity contribution < 1.29 is 0 Å². The van der Waals surface area contributed by atoms with Gasteiger partial charge in [-0.15, -0.1) is 11.6 Å². The molecule has 0 aliphatic rings. The number of hydrogen-bond acceptors (Lipinski definition) is 1. The largest absolute Gasteiger partial charge is 0.295 e. The predicted octanol–water partition coefficient (Wildman–Crippen LogP) is 5.60. The Bertz CT molecular complexity index is 799. The molecule has 0 aliphatic carbocycles. The fourth-order valence-electron chi connectivity index (χ4n) is 2.69. The van der Waals surface area contributed by atoms with Gasteiger partial charge < -0.3 is 0 Å². The van der Waals surface area contributed by atoms with Crippen LogP contribution in [0.4, 0.5) is 0 Å². The van der Waals surface area contributed by atoms with E-state index in [0.29, 0.717) is 5.02 Å². The topological polar surface area (TPSA) is 17.8 Å². The van der Waals surface area contributed by atoms with Crippen molar-refractivity contribution in [1.82, 2.24) is 9.55 Å². The van der Waals surface area contributed by atoms with Crippen LogP contribution in [-0.2, 0) is 0 Å². The molecule has 3 rings (SSSR count). The zero-order chi connectivity index (χ0) is 15.1. The van der Waals surface area contributed by atoms with Crippen molar-refractivity contribution in [2.24, 2.45) is 0 Å². The normalized spacial score (nSPS) is 12.8. The van der Waals surface area contributed by atoms with Gasteiger partial charge in [0.2, 0.25) is 0 Å². The number of alkyl halides is 1. The van der Waals surface area contributed by atoms with Crippen LogP contribution >= 0.6 is 23.2 Å². The van der Waals surface area contributed by atoms with E-state index >= 15 is 0 Å². The summed E-state index contributed by atoms with van der Waals surface area (Å²) in [7, 11) is 0. The molecule has 2 aromatic carbocycles. The maximum Gasteiger partial charge on any atom is 0.132 e. The van der Waals surface area contributed by atoms with Crippen molar-refractivity contribution in [2.75, 3.05) is 0 Å². The number of halogens is 2. The Balaban J connectivity index is 2.36. The van der Waals surface area contributed by atoms with Gasteiger partial charge in [-0.05, 0) is 62.2 Å². The molecule has 1 unspecified atom stereocenters. The van der Waals surface area contributed by atoms with Crippen molar-refractivity contribution in [2.45, 2.75) is 26.1 Å². The number of imidazole rings is 1. The Kier molecular flexibility index (Phi) is 3.68. The summed E-state index contributed by atoms with van der Waals surface area (Å²) < 4.78 is 2.11. The van der Waals surface area contributed by atoms with Crippen molar-refractivity contribution in [3.8, 4) is 5.69 Å². The predicted molar refractivity (Wildman–Crippen MR) is 89.8 cm³/mol. The Morgan fingerprint density at radius 1 is 1.05 bits per heavy atom. The lowest BCUT2D eigenvalue weighted by Crippen LogP contribution is -2.02. The van der Waals surface area contributed by atoms with Gasteiger partial charge in [-0.2, -0.15) is 0 Å². The fourth-order valence-corrected chi connectivity index (χ4v) is 3.00. The summed E-state index contributed by atoms with van der Waals surface area (Å²) in [5, 5.41) is 0.498. The number of fused-ring (bicyclic) bond motifs is 1.